The third kappa shape index (κ3) is 7.28. The summed E-state index contributed by atoms with van der Waals surface area (Å²) >= 11 is 3.65. The molecule has 0 saturated carbocycles. The summed E-state index contributed by atoms with van der Waals surface area (Å²) in [7, 11) is 1.71. The highest BCUT2D eigenvalue weighted by Gasteiger charge is 2.75. The molecular weight excluding hydrogens is 756 g/mol. The molecule has 54 heavy (non-hydrogen) atoms. The Morgan fingerprint density at radius 3 is 2.33 bits per heavy atom. The van der Waals surface area contributed by atoms with Crippen molar-refractivity contribution in [3.05, 3.63) is 94.5 Å². The Kier molecular flexibility index (Phi) is 11.7. The van der Waals surface area contributed by atoms with E-state index in [1.807, 2.05) is 79.7 Å². The van der Waals surface area contributed by atoms with Crippen LogP contribution in [0, 0.1) is 11.8 Å². The number of aliphatic hydroxyl groups excluding tert-OH is 1. The lowest BCUT2D eigenvalue weighted by Crippen LogP contribution is -2.59. The maximum Gasteiger partial charge on any atom is 0.313 e. The van der Waals surface area contributed by atoms with E-state index >= 15 is 9.59 Å². The van der Waals surface area contributed by atoms with E-state index in [4.69, 9.17) is 14.2 Å². The molecule has 8 atom stereocenters. The van der Waals surface area contributed by atoms with Crippen LogP contribution in [0.15, 0.2) is 83.4 Å². The van der Waals surface area contributed by atoms with Crippen LogP contribution in [0.3, 0.4) is 0 Å². The number of carbonyl (C=O) groups excluding carboxylic acids is 4. The molecule has 0 aliphatic carbocycles. The Labute approximate surface area is 324 Å². The van der Waals surface area contributed by atoms with Crippen LogP contribution in [0.2, 0.25) is 0 Å². The second-order valence-corrected chi connectivity index (χ2v) is 15.8. The van der Waals surface area contributed by atoms with Gasteiger partial charge in [0, 0.05) is 50.7 Å². The average Bonchev–Trinajstić information content (AvgIpc) is 3.79. The van der Waals surface area contributed by atoms with Crippen molar-refractivity contribution in [2.45, 2.75) is 62.1 Å². The number of nitrogens with zero attached hydrogens (tertiary/aromatic N) is 4. The predicted molar refractivity (Wildman–Crippen MR) is 203 cm³/mol. The number of benzene rings is 2. The standard InChI is InChI=1S/C41H49BrN4O8/c1-27-35(29-14-8-4-9-15-29)53-40(51)33-34-38(49)46(30(26-47)24-28-12-6-3-7-13-28)37(41(34)25-31(42)36(33)54-41)39(50)45(19-18-44-20-22-52-23-21-44)17-11-5-10-16-32(48)43(27)2/h3-9,11-15,25,27,30,33-37,47H,10,16-24,26H2,1-2H3/b11-5-/t27-,30+,33+,34-,35+,36+,37+,41-/m0/s1. The van der Waals surface area contributed by atoms with Crippen molar-refractivity contribution >= 4 is 39.6 Å². The van der Waals surface area contributed by atoms with Gasteiger partial charge in [0.25, 0.3) is 0 Å². The van der Waals surface area contributed by atoms with Crippen molar-refractivity contribution in [3.63, 3.8) is 0 Å². The molecule has 0 unspecified atom stereocenters. The zero-order chi connectivity index (χ0) is 38.0. The quantitative estimate of drug-likeness (QED) is 0.317. The third-order valence-corrected chi connectivity index (χ3v) is 12.4. The third-order valence-electron chi connectivity index (χ3n) is 11.7. The minimum absolute atomic E-state index is 0.111. The molecule has 5 aliphatic heterocycles. The zero-order valence-electron chi connectivity index (χ0n) is 30.8. The molecule has 7 rings (SSSR count). The monoisotopic (exact) mass is 804 g/mol. The van der Waals surface area contributed by atoms with E-state index in [1.54, 1.807) is 22.9 Å². The van der Waals surface area contributed by atoms with Crippen LogP contribution in [0.4, 0.5) is 0 Å². The Hall–Kier alpha value is -3.88. The second kappa shape index (κ2) is 16.5. The number of fused-ring (bicyclic) bond motifs is 2. The number of esters is 1. The van der Waals surface area contributed by atoms with E-state index in [1.165, 1.54) is 4.90 Å². The molecule has 12 nitrogen and oxygen atoms in total. The first-order chi connectivity index (χ1) is 26.1. The van der Waals surface area contributed by atoms with Crippen molar-refractivity contribution in [1.82, 2.24) is 19.6 Å². The summed E-state index contributed by atoms with van der Waals surface area (Å²) in [6.45, 7) is 5.34. The molecular formula is C41H49BrN4O8. The van der Waals surface area contributed by atoms with E-state index in [0.29, 0.717) is 49.2 Å². The summed E-state index contributed by atoms with van der Waals surface area (Å²) in [6, 6.07) is 16.3. The molecule has 2 aromatic carbocycles. The molecule has 0 aromatic heterocycles. The van der Waals surface area contributed by atoms with Crippen LogP contribution in [0.1, 0.15) is 37.0 Å². The number of carbonyl (C=O) groups is 4. The van der Waals surface area contributed by atoms with Gasteiger partial charge in [-0.2, -0.15) is 0 Å². The van der Waals surface area contributed by atoms with E-state index in [0.717, 1.165) is 18.7 Å². The number of hydrogen-bond donors (Lipinski definition) is 1. The first kappa shape index (κ1) is 38.4. The SMILES string of the molecule is C[C@H]1[C@H](c2ccccc2)OC(=O)[C@H]2[C@@H]3O[C@@]4(C=C3Br)[C@@H]2C(=O)N([C@@H](CO)Cc2ccccc2)[C@@H]4C(=O)N(CCN2CCOCC2)C/C=C\CCC(=O)N1C. The minimum Gasteiger partial charge on any atom is -0.455 e. The summed E-state index contributed by atoms with van der Waals surface area (Å²) in [4.78, 5) is 65.5. The number of ether oxygens (including phenoxy) is 3. The highest BCUT2D eigenvalue weighted by atomic mass is 79.9. The number of hydrogen-bond acceptors (Lipinski definition) is 9. The first-order valence-electron chi connectivity index (χ1n) is 18.9. The van der Waals surface area contributed by atoms with Gasteiger partial charge >= 0.3 is 5.97 Å². The number of morpholine rings is 1. The Morgan fingerprint density at radius 1 is 0.926 bits per heavy atom. The molecule has 13 heteroatoms. The van der Waals surface area contributed by atoms with Gasteiger partial charge in [0.05, 0.1) is 37.8 Å². The molecule has 3 amide bonds. The molecule has 1 N–H and O–H groups in total. The van der Waals surface area contributed by atoms with E-state index in [9.17, 15) is 14.7 Å². The first-order valence-corrected chi connectivity index (χ1v) is 19.7. The van der Waals surface area contributed by atoms with Crippen LogP contribution in [-0.4, -0.2) is 138 Å². The van der Waals surface area contributed by atoms with Crippen molar-refractivity contribution in [2.24, 2.45) is 11.8 Å². The minimum atomic E-state index is -1.50. The van der Waals surface area contributed by atoms with Crippen molar-refractivity contribution in [3.8, 4) is 0 Å². The van der Waals surface area contributed by atoms with E-state index in [2.05, 4.69) is 20.8 Å². The van der Waals surface area contributed by atoms with Gasteiger partial charge in [0.2, 0.25) is 17.7 Å². The highest BCUT2D eigenvalue weighted by Crippen LogP contribution is 2.59. The summed E-state index contributed by atoms with van der Waals surface area (Å²) in [5.41, 5.74) is 0.0970. The number of likely N-dealkylation sites (N-methyl/N-ethyl adjacent to an activating group) is 1. The topological polar surface area (TPSA) is 129 Å². The zero-order valence-corrected chi connectivity index (χ0v) is 32.4. The normalized spacial score (nSPS) is 32.1. The lowest BCUT2D eigenvalue weighted by atomic mass is 9.74. The van der Waals surface area contributed by atoms with Gasteiger partial charge in [-0.25, -0.2) is 0 Å². The Balaban J connectivity index is 1.32. The number of rotatable bonds is 8. The predicted octanol–water partition coefficient (Wildman–Crippen LogP) is 3.11. The Bertz CT molecular complexity index is 1750. The van der Waals surface area contributed by atoms with Gasteiger partial charge in [0.15, 0.2) is 0 Å². The largest absolute Gasteiger partial charge is 0.455 e. The molecule has 1 spiro atoms. The fourth-order valence-electron chi connectivity index (χ4n) is 8.71. The second-order valence-electron chi connectivity index (χ2n) is 14.9. The summed E-state index contributed by atoms with van der Waals surface area (Å²) in [6.07, 6.45) is 4.86. The maximum absolute atomic E-state index is 15.3. The number of halogens is 1. The molecule has 5 heterocycles. The van der Waals surface area contributed by atoms with E-state index in [-0.39, 0.29) is 24.8 Å². The molecule has 5 aliphatic rings. The van der Waals surface area contributed by atoms with Crippen LogP contribution >= 0.6 is 15.9 Å². The van der Waals surface area contributed by atoms with Crippen LogP contribution in [0.25, 0.3) is 0 Å². The fourth-order valence-corrected chi connectivity index (χ4v) is 9.45. The van der Waals surface area contributed by atoms with Gasteiger partial charge in [-0.15, -0.1) is 0 Å². The van der Waals surface area contributed by atoms with E-state index < -0.39 is 66.3 Å². The van der Waals surface area contributed by atoms with Gasteiger partial charge in [-0.1, -0.05) is 88.7 Å². The fraction of sp³-hybridized carbons (Fsp3) is 0.512. The van der Waals surface area contributed by atoms with Crippen molar-refractivity contribution < 1.29 is 38.5 Å². The molecule has 3 saturated heterocycles. The molecule has 5 bridgehead atoms. The Morgan fingerprint density at radius 2 is 1.63 bits per heavy atom. The molecule has 0 radical (unpaired) electrons. The van der Waals surface area contributed by atoms with Crippen molar-refractivity contribution in [1.29, 1.82) is 0 Å². The van der Waals surface area contributed by atoms with Gasteiger partial charge in [0.1, 0.15) is 29.8 Å². The summed E-state index contributed by atoms with van der Waals surface area (Å²) in [5, 5.41) is 11.0. The lowest BCUT2D eigenvalue weighted by Gasteiger charge is -2.39. The van der Waals surface area contributed by atoms with Crippen LogP contribution in [-0.2, 0) is 39.8 Å². The van der Waals surface area contributed by atoms with Gasteiger partial charge in [-0.3, -0.25) is 24.1 Å². The van der Waals surface area contributed by atoms with Gasteiger partial charge in [-0.05, 0) is 37.0 Å². The highest BCUT2D eigenvalue weighted by molar-refractivity contribution is 9.11. The molecule has 288 valence electrons. The number of aliphatic hydroxyl groups is 1. The van der Waals surface area contributed by atoms with Crippen LogP contribution < -0.4 is 0 Å². The average molecular weight is 806 g/mol. The number of allylic oxidation sites excluding steroid dienone is 1. The maximum atomic E-state index is 15.3. The number of amides is 3. The summed E-state index contributed by atoms with van der Waals surface area (Å²) < 4.78 is 19.3. The van der Waals surface area contributed by atoms with Crippen molar-refractivity contribution in [2.75, 3.05) is 59.6 Å². The number of cyclic esters (lactones) is 1. The molecule has 2 aromatic rings. The molecule has 3 fully saturated rings. The van der Waals surface area contributed by atoms with Gasteiger partial charge < -0.3 is 34.0 Å². The summed E-state index contributed by atoms with van der Waals surface area (Å²) in [5.74, 6) is -3.72. The number of likely N-dealkylation sites (tertiary alicyclic amines) is 1. The smallest absolute Gasteiger partial charge is 0.313 e. The lowest BCUT2D eigenvalue weighted by molar-refractivity contribution is -0.164. The van der Waals surface area contributed by atoms with Crippen LogP contribution in [0.5, 0.6) is 0 Å².